The Morgan fingerprint density at radius 3 is 2.48 bits per heavy atom. The van der Waals surface area contributed by atoms with Gasteiger partial charge in [-0.2, -0.15) is 0 Å². The Hall–Kier alpha value is -2.89. The van der Waals surface area contributed by atoms with Gasteiger partial charge in [-0.3, -0.25) is 4.98 Å². The summed E-state index contributed by atoms with van der Waals surface area (Å²) in [4.78, 5) is 27.1. The Labute approximate surface area is 134 Å². The molecule has 23 heavy (non-hydrogen) atoms. The van der Waals surface area contributed by atoms with Gasteiger partial charge in [-0.25, -0.2) is 9.59 Å². The molecule has 120 valence electrons. The number of nitrogens with zero attached hydrogens (tertiary/aromatic N) is 1. The maximum atomic E-state index is 11.7. The zero-order chi connectivity index (χ0) is 16.7. The van der Waals surface area contributed by atoms with Crippen molar-refractivity contribution < 1.29 is 19.1 Å². The number of methoxy groups -OCH3 is 1. The number of carbonyl (C=O) groups excluding carboxylic acids is 2. The van der Waals surface area contributed by atoms with Gasteiger partial charge in [-0.15, -0.1) is 0 Å². The molecular weight excluding hydrogens is 296 g/mol. The molecule has 0 unspecified atom stereocenters. The Balaban J connectivity index is 1.99. The molecule has 0 fully saturated rings. The Morgan fingerprint density at radius 2 is 1.83 bits per heavy atom. The summed E-state index contributed by atoms with van der Waals surface area (Å²) >= 11 is 0. The number of aromatic nitrogens is 1. The summed E-state index contributed by atoms with van der Waals surface area (Å²) in [6.45, 7) is 2.61. The van der Waals surface area contributed by atoms with Crippen molar-refractivity contribution in [2.75, 3.05) is 19.0 Å². The molecule has 0 aliphatic rings. The van der Waals surface area contributed by atoms with Gasteiger partial charge in [-0.05, 0) is 30.7 Å². The SMILES string of the molecule is CCOC(=O)c1cncc(NCc2ccc(C(=O)OC)cc2)c1. The lowest BCUT2D eigenvalue weighted by Crippen LogP contribution is -2.07. The lowest BCUT2D eigenvalue weighted by molar-refractivity contribution is 0.0525. The van der Waals surface area contributed by atoms with E-state index in [9.17, 15) is 9.59 Å². The van der Waals surface area contributed by atoms with Gasteiger partial charge in [0.05, 0.1) is 30.5 Å². The second-order valence-corrected chi connectivity index (χ2v) is 4.72. The van der Waals surface area contributed by atoms with E-state index in [-0.39, 0.29) is 5.97 Å². The summed E-state index contributed by atoms with van der Waals surface area (Å²) in [5.74, 6) is -0.762. The topological polar surface area (TPSA) is 77.5 Å². The lowest BCUT2D eigenvalue weighted by Gasteiger charge is -2.08. The van der Waals surface area contributed by atoms with Crippen LogP contribution in [-0.2, 0) is 16.0 Å². The maximum Gasteiger partial charge on any atom is 0.339 e. The molecule has 0 spiro atoms. The standard InChI is InChI=1S/C17H18N2O4/c1-3-23-17(21)14-8-15(11-18-10-14)19-9-12-4-6-13(7-5-12)16(20)22-2/h4-8,10-11,19H,3,9H2,1-2H3. The molecule has 2 rings (SSSR count). The van der Waals surface area contributed by atoms with E-state index in [1.54, 1.807) is 31.3 Å². The van der Waals surface area contributed by atoms with Gasteiger partial charge in [0, 0.05) is 18.9 Å². The number of esters is 2. The molecule has 0 saturated heterocycles. The van der Waals surface area contributed by atoms with E-state index < -0.39 is 5.97 Å². The van der Waals surface area contributed by atoms with E-state index in [1.165, 1.54) is 13.3 Å². The highest BCUT2D eigenvalue weighted by Crippen LogP contribution is 2.12. The molecule has 0 aliphatic heterocycles. The van der Waals surface area contributed by atoms with E-state index in [0.717, 1.165) is 5.56 Å². The van der Waals surface area contributed by atoms with E-state index in [2.05, 4.69) is 15.0 Å². The third kappa shape index (κ3) is 4.54. The number of hydrogen-bond donors (Lipinski definition) is 1. The second-order valence-electron chi connectivity index (χ2n) is 4.72. The van der Waals surface area contributed by atoms with Crippen LogP contribution < -0.4 is 5.32 Å². The largest absolute Gasteiger partial charge is 0.465 e. The average Bonchev–Trinajstić information content (AvgIpc) is 2.60. The number of ether oxygens (including phenoxy) is 2. The average molecular weight is 314 g/mol. The third-order valence-electron chi connectivity index (χ3n) is 3.12. The molecule has 0 amide bonds. The Morgan fingerprint density at radius 1 is 1.09 bits per heavy atom. The molecule has 0 radical (unpaired) electrons. The molecule has 0 atom stereocenters. The van der Waals surface area contributed by atoms with Crippen molar-refractivity contribution in [1.29, 1.82) is 0 Å². The molecule has 1 heterocycles. The van der Waals surface area contributed by atoms with E-state index in [0.29, 0.717) is 30.0 Å². The van der Waals surface area contributed by atoms with Crippen LogP contribution in [0.1, 0.15) is 33.2 Å². The molecule has 1 N–H and O–H groups in total. The van der Waals surface area contributed by atoms with E-state index in [4.69, 9.17) is 4.74 Å². The number of nitrogens with one attached hydrogen (secondary N) is 1. The number of anilines is 1. The summed E-state index contributed by atoms with van der Waals surface area (Å²) < 4.78 is 9.60. The van der Waals surface area contributed by atoms with Crippen LogP contribution in [0.15, 0.2) is 42.7 Å². The van der Waals surface area contributed by atoms with Gasteiger partial charge in [-0.1, -0.05) is 12.1 Å². The molecule has 1 aromatic carbocycles. The minimum atomic E-state index is -0.397. The molecular formula is C17H18N2O4. The number of benzene rings is 1. The van der Waals surface area contributed by atoms with Crippen molar-refractivity contribution >= 4 is 17.6 Å². The maximum absolute atomic E-state index is 11.7. The Kier molecular flexibility index (Phi) is 5.68. The summed E-state index contributed by atoms with van der Waals surface area (Å²) in [5, 5.41) is 3.17. The number of carbonyl (C=O) groups is 2. The summed E-state index contributed by atoms with van der Waals surface area (Å²) in [7, 11) is 1.35. The van der Waals surface area contributed by atoms with Crippen LogP contribution in [0, 0.1) is 0 Å². The Bertz CT molecular complexity index is 683. The predicted molar refractivity (Wildman–Crippen MR) is 85.3 cm³/mol. The first-order valence-electron chi connectivity index (χ1n) is 7.17. The van der Waals surface area contributed by atoms with Crippen LogP contribution in [0.3, 0.4) is 0 Å². The van der Waals surface area contributed by atoms with Crippen LogP contribution in [0.4, 0.5) is 5.69 Å². The summed E-state index contributed by atoms with van der Waals surface area (Å²) in [6, 6.07) is 8.77. The van der Waals surface area contributed by atoms with Gasteiger partial charge >= 0.3 is 11.9 Å². The van der Waals surface area contributed by atoms with Gasteiger partial charge in [0.15, 0.2) is 0 Å². The minimum Gasteiger partial charge on any atom is -0.465 e. The van der Waals surface area contributed by atoms with Crippen LogP contribution in [0.5, 0.6) is 0 Å². The first-order valence-corrected chi connectivity index (χ1v) is 7.17. The number of pyridine rings is 1. The van der Waals surface area contributed by atoms with Crippen LogP contribution >= 0.6 is 0 Å². The van der Waals surface area contributed by atoms with E-state index in [1.807, 2.05) is 12.1 Å². The highest BCUT2D eigenvalue weighted by atomic mass is 16.5. The fourth-order valence-electron chi connectivity index (χ4n) is 1.94. The van der Waals surface area contributed by atoms with Crippen molar-refractivity contribution in [3.05, 3.63) is 59.4 Å². The zero-order valence-corrected chi connectivity index (χ0v) is 13.0. The van der Waals surface area contributed by atoms with Crippen molar-refractivity contribution in [2.45, 2.75) is 13.5 Å². The second kappa shape index (κ2) is 7.93. The minimum absolute atomic E-state index is 0.322. The molecule has 2 aromatic rings. The summed E-state index contributed by atoms with van der Waals surface area (Å²) in [6.07, 6.45) is 3.10. The van der Waals surface area contributed by atoms with Crippen molar-refractivity contribution in [3.8, 4) is 0 Å². The normalized spacial score (nSPS) is 10.0. The highest BCUT2D eigenvalue weighted by Gasteiger charge is 2.08. The quantitative estimate of drug-likeness (QED) is 0.826. The first-order chi connectivity index (χ1) is 11.1. The first kappa shape index (κ1) is 16.5. The fourth-order valence-corrected chi connectivity index (χ4v) is 1.94. The fraction of sp³-hybridized carbons (Fsp3) is 0.235. The molecule has 6 heteroatoms. The van der Waals surface area contributed by atoms with Crippen molar-refractivity contribution in [1.82, 2.24) is 4.98 Å². The molecule has 0 saturated carbocycles. The highest BCUT2D eigenvalue weighted by molar-refractivity contribution is 5.90. The van der Waals surface area contributed by atoms with Crippen LogP contribution in [-0.4, -0.2) is 30.6 Å². The van der Waals surface area contributed by atoms with Crippen molar-refractivity contribution in [3.63, 3.8) is 0 Å². The van der Waals surface area contributed by atoms with Crippen molar-refractivity contribution in [2.24, 2.45) is 0 Å². The predicted octanol–water partition coefficient (Wildman–Crippen LogP) is 2.66. The van der Waals surface area contributed by atoms with Gasteiger partial charge in [0.1, 0.15) is 0 Å². The monoisotopic (exact) mass is 314 g/mol. The van der Waals surface area contributed by atoms with Crippen LogP contribution in [0.25, 0.3) is 0 Å². The molecule has 0 aliphatic carbocycles. The molecule has 6 nitrogen and oxygen atoms in total. The van der Waals surface area contributed by atoms with E-state index >= 15 is 0 Å². The molecule has 1 aromatic heterocycles. The lowest BCUT2D eigenvalue weighted by atomic mass is 10.1. The van der Waals surface area contributed by atoms with Gasteiger partial charge < -0.3 is 14.8 Å². The van der Waals surface area contributed by atoms with Gasteiger partial charge in [0.25, 0.3) is 0 Å². The zero-order valence-electron chi connectivity index (χ0n) is 13.0. The van der Waals surface area contributed by atoms with Crippen LogP contribution in [0.2, 0.25) is 0 Å². The summed E-state index contributed by atoms with van der Waals surface area (Å²) in [5.41, 5.74) is 2.60. The van der Waals surface area contributed by atoms with Gasteiger partial charge in [0.2, 0.25) is 0 Å². The third-order valence-corrected chi connectivity index (χ3v) is 3.12. The number of hydrogen-bond acceptors (Lipinski definition) is 6. The molecule has 0 bridgehead atoms. The smallest absolute Gasteiger partial charge is 0.339 e. The number of rotatable bonds is 6.